The van der Waals surface area contributed by atoms with Crippen LogP contribution in [-0.4, -0.2) is 37.1 Å². The number of hydrogen-bond donors (Lipinski definition) is 1. The van der Waals surface area contributed by atoms with E-state index in [9.17, 15) is 0 Å². The second-order valence-electron chi connectivity index (χ2n) is 5.90. The van der Waals surface area contributed by atoms with Crippen molar-refractivity contribution in [3.63, 3.8) is 0 Å². The Morgan fingerprint density at radius 1 is 1.15 bits per heavy atom. The molecular formula is C18H30N2. The molecule has 0 saturated heterocycles. The van der Waals surface area contributed by atoms with Crippen molar-refractivity contribution in [1.82, 2.24) is 10.2 Å². The molecule has 0 radical (unpaired) electrons. The summed E-state index contributed by atoms with van der Waals surface area (Å²) in [5.41, 5.74) is 1.53. The van der Waals surface area contributed by atoms with Gasteiger partial charge in [-0.3, -0.25) is 0 Å². The summed E-state index contributed by atoms with van der Waals surface area (Å²) in [5, 5.41) is 3.72. The third-order valence-electron chi connectivity index (χ3n) is 4.70. The van der Waals surface area contributed by atoms with Gasteiger partial charge in [-0.05, 0) is 56.4 Å². The van der Waals surface area contributed by atoms with E-state index < -0.39 is 0 Å². The fourth-order valence-corrected chi connectivity index (χ4v) is 3.33. The molecule has 0 aromatic heterocycles. The molecule has 1 aromatic rings. The van der Waals surface area contributed by atoms with Crippen molar-refractivity contribution in [3.05, 3.63) is 35.9 Å². The van der Waals surface area contributed by atoms with Crippen LogP contribution in [0.2, 0.25) is 0 Å². The standard InChI is InChI=1S/C18H30N2/c1-4-19-18(12-13-20(5-2)6-3)17-14-16(17)15-10-8-7-9-11-15/h7-11,16-19H,4-6,12-14H2,1-3H3. The number of benzene rings is 1. The van der Waals surface area contributed by atoms with Crippen LogP contribution in [0.1, 0.15) is 45.1 Å². The van der Waals surface area contributed by atoms with Gasteiger partial charge in [0.15, 0.2) is 0 Å². The van der Waals surface area contributed by atoms with Crippen molar-refractivity contribution in [1.29, 1.82) is 0 Å². The van der Waals surface area contributed by atoms with Crippen molar-refractivity contribution >= 4 is 0 Å². The van der Waals surface area contributed by atoms with Crippen LogP contribution < -0.4 is 5.32 Å². The highest BCUT2D eigenvalue weighted by atomic mass is 15.1. The summed E-state index contributed by atoms with van der Waals surface area (Å²) in [5.74, 6) is 1.63. The highest BCUT2D eigenvalue weighted by Gasteiger charge is 2.43. The third-order valence-corrected chi connectivity index (χ3v) is 4.70. The topological polar surface area (TPSA) is 15.3 Å². The molecule has 112 valence electrons. The first kappa shape index (κ1) is 15.5. The lowest BCUT2D eigenvalue weighted by molar-refractivity contribution is 0.274. The summed E-state index contributed by atoms with van der Waals surface area (Å²) in [7, 11) is 0. The summed E-state index contributed by atoms with van der Waals surface area (Å²) in [6, 6.07) is 11.7. The number of hydrogen-bond acceptors (Lipinski definition) is 2. The average molecular weight is 274 g/mol. The van der Waals surface area contributed by atoms with Crippen molar-refractivity contribution in [2.45, 2.75) is 45.6 Å². The maximum Gasteiger partial charge on any atom is 0.0113 e. The van der Waals surface area contributed by atoms with E-state index >= 15 is 0 Å². The lowest BCUT2D eigenvalue weighted by Gasteiger charge is -2.23. The summed E-state index contributed by atoms with van der Waals surface area (Å²) < 4.78 is 0. The zero-order chi connectivity index (χ0) is 14.4. The lowest BCUT2D eigenvalue weighted by atomic mass is 10.0. The van der Waals surface area contributed by atoms with Gasteiger partial charge in [-0.25, -0.2) is 0 Å². The van der Waals surface area contributed by atoms with E-state index in [-0.39, 0.29) is 0 Å². The molecule has 3 atom stereocenters. The van der Waals surface area contributed by atoms with Gasteiger partial charge in [0, 0.05) is 6.04 Å². The molecular weight excluding hydrogens is 244 g/mol. The van der Waals surface area contributed by atoms with E-state index in [1.165, 1.54) is 38.0 Å². The fourth-order valence-electron chi connectivity index (χ4n) is 3.33. The minimum Gasteiger partial charge on any atom is -0.314 e. The van der Waals surface area contributed by atoms with Gasteiger partial charge in [0.05, 0.1) is 0 Å². The molecule has 0 bridgehead atoms. The molecule has 1 fully saturated rings. The van der Waals surface area contributed by atoms with Gasteiger partial charge in [0.1, 0.15) is 0 Å². The van der Waals surface area contributed by atoms with Gasteiger partial charge in [0.25, 0.3) is 0 Å². The Morgan fingerprint density at radius 2 is 1.85 bits per heavy atom. The zero-order valence-electron chi connectivity index (χ0n) is 13.3. The SMILES string of the molecule is CCNC(CCN(CC)CC)C1CC1c1ccccc1. The number of nitrogens with zero attached hydrogens (tertiary/aromatic N) is 1. The van der Waals surface area contributed by atoms with E-state index in [4.69, 9.17) is 0 Å². The maximum atomic E-state index is 3.72. The smallest absolute Gasteiger partial charge is 0.0113 e. The molecule has 0 heterocycles. The Hall–Kier alpha value is -0.860. The molecule has 2 rings (SSSR count). The molecule has 2 heteroatoms. The van der Waals surface area contributed by atoms with Gasteiger partial charge in [-0.15, -0.1) is 0 Å². The van der Waals surface area contributed by atoms with E-state index in [1.807, 2.05) is 0 Å². The molecule has 0 spiro atoms. The molecule has 1 aliphatic rings. The highest BCUT2D eigenvalue weighted by molar-refractivity contribution is 5.26. The van der Waals surface area contributed by atoms with Crippen LogP contribution in [-0.2, 0) is 0 Å². The fraction of sp³-hybridized carbons (Fsp3) is 0.667. The third kappa shape index (κ3) is 4.07. The van der Waals surface area contributed by atoms with Gasteiger partial charge in [-0.2, -0.15) is 0 Å². The monoisotopic (exact) mass is 274 g/mol. The summed E-state index contributed by atoms with van der Waals surface area (Å²) >= 11 is 0. The quantitative estimate of drug-likeness (QED) is 0.741. The van der Waals surface area contributed by atoms with Crippen LogP contribution in [0.5, 0.6) is 0 Å². The summed E-state index contributed by atoms with van der Waals surface area (Å²) in [6.45, 7) is 11.4. The number of rotatable bonds is 9. The summed E-state index contributed by atoms with van der Waals surface area (Å²) in [6.07, 6.45) is 2.64. The van der Waals surface area contributed by atoms with Crippen molar-refractivity contribution in [3.8, 4) is 0 Å². The minimum atomic E-state index is 0.686. The van der Waals surface area contributed by atoms with Crippen molar-refractivity contribution < 1.29 is 0 Å². The first-order valence-electron chi connectivity index (χ1n) is 8.30. The molecule has 1 aromatic carbocycles. The Morgan fingerprint density at radius 3 is 2.45 bits per heavy atom. The van der Waals surface area contributed by atoms with Crippen molar-refractivity contribution in [2.75, 3.05) is 26.2 Å². The van der Waals surface area contributed by atoms with E-state index in [0.29, 0.717) is 6.04 Å². The average Bonchev–Trinajstić information content (AvgIpc) is 3.28. The molecule has 1 saturated carbocycles. The van der Waals surface area contributed by atoms with Crippen molar-refractivity contribution in [2.24, 2.45) is 5.92 Å². The predicted octanol–water partition coefficient (Wildman–Crippen LogP) is 3.50. The normalized spacial score (nSPS) is 23.0. The number of nitrogens with one attached hydrogen (secondary N) is 1. The van der Waals surface area contributed by atoms with E-state index in [2.05, 4.69) is 61.3 Å². The van der Waals surface area contributed by atoms with E-state index in [0.717, 1.165) is 18.4 Å². The Bertz CT molecular complexity index is 372. The summed E-state index contributed by atoms with van der Waals surface area (Å²) in [4.78, 5) is 2.53. The van der Waals surface area contributed by atoms with Gasteiger partial charge < -0.3 is 10.2 Å². The molecule has 1 N–H and O–H groups in total. The van der Waals surface area contributed by atoms with Crippen LogP contribution in [0, 0.1) is 5.92 Å². The predicted molar refractivity (Wildman–Crippen MR) is 87.2 cm³/mol. The molecule has 3 unspecified atom stereocenters. The van der Waals surface area contributed by atoms with Crippen LogP contribution in [0.15, 0.2) is 30.3 Å². The first-order valence-corrected chi connectivity index (χ1v) is 8.30. The Balaban J connectivity index is 1.87. The highest BCUT2D eigenvalue weighted by Crippen LogP contribution is 2.50. The molecule has 20 heavy (non-hydrogen) atoms. The Kier molecular flexibility index (Phi) is 6.06. The largest absolute Gasteiger partial charge is 0.314 e. The molecule has 0 amide bonds. The zero-order valence-corrected chi connectivity index (χ0v) is 13.3. The lowest BCUT2D eigenvalue weighted by Crippen LogP contribution is -2.36. The minimum absolute atomic E-state index is 0.686. The second-order valence-corrected chi connectivity index (χ2v) is 5.90. The van der Waals surface area contributed by atoms with Crippen LogP contribution in [0.25, 0.3) is 0 Å². The maximum absolute atomic E-state index is 3.72. The van der Waals surface area contributed by atoms with Crippen LogP contribution in [0.3, 0.4) is 0 Å². The second kappa shape index (κ2) is 7.80. The first-order chi connectivity index (χ1) is 9.80. The van der Waals surface area contributed by atoms with Gasteiger partial charge in [0.2, 0.25) is 0 Å². The molecule has 0 aliphatic heterocycles. The van der Waals surface area contributed by atoms with Gasteiger partial charge >= 0.3 is 0 Å². The van der Waals surface area contributed by atoms with Crippen LogP contribution in [0.4, 0.5) is 0 Å². The van der Waals surface area contributed by atoms with Crippen LogP contribution >= 0.6 is 0 Å². The Labute approximate surface area is 124 Å². The molecule has 2 nitrogen and oxygen atoms in total. The van der Waals surface area contributed by atoms with E-state index in [1.54, 1.807) is 0 Å². The van der Waals surface area contributed by atoms with Gasteiger partial charge in [-0.1, -0.05) is 51.1 Å². The molecule has 1 aliphatic carbocycles.